The summed E-state index contributed by atoms with van der Waals surface area (Å²) in [6.45, 7) is 0.871. The molecule has 1 aromatic rings. The standard InChI is InChI=1S/C11H17BrN2O2/c1-14-11(9(12)7-13-14)10(15)5-4-8-3-2-6-16-8/h7-8,10,15H,2-6H2,1H3. The van der Waals surface area contributed by atoms with Gasteiger partial charge in [-0.15, -0.1) is 0 Å². The second-order valence-electron chi connectivity index (χ2n) is 4.23. The molecule has 90 valence electrons. The first kappa shape index (κ1) is 12.1. The monoisotopic (exact) mass is 288 g/mol. The SMILES string of the molecule is Cn1ncc(Br)c1C(O)CCC1CCCO1. The zero-order valence-corrected chi connectivity index (χ0v) is 11.0. The van der Waals surface area contributed by atoms with Gasteiger partial charge in [0.15, 0.2) is 0 Å². The van der Waals surface area contributed by atoms with Crippen molar-refractivity contribution in [1.29, 1.82) is 0 Å². The maximum atomic E-state index is 10.1. The number of aliphatic hydroxyl groups excluding tert-OH is 1. The van der Waals surface area contributed by atoms with Crippen molar-refractivity contribution < 1.29 is 9.84 Å². The van der Waals surface area contributed by atoms with Gasteiger partial charge in [0.2, 0.25) is 0 Å². The summed E-state index contributed by atoms with van der Waals surface area (Å²) in [6.07, 6.45) is 5.49. The molecule has 0 spiro atoms. The van der Waals surface area contributed by atoms with E-state index in [1.807, 2.05) is 7.05 Å². The smallest absolute Gasteiger partial charge is 0.0969 e. The fourth-order valence-electron chi connectivity index (χ4n) is 2.15. The van der Waals surface area contributed by atoms with Gasteiger partial charge in [-0.3, -0.25) is 4.68 Å². The minimum atomic E-state index is -0.467. The average molecular weight is 289 g/mol. The number of aromatic nitrogens is 2. The summed E-state index contributed by atoms with van der Waals surface area (Å²) >= 11 is 3.40. The molecule has 1 aliphatic rings. The Labute approximate surface area is 104 Å². The summed E-state index contributed by atoms with van der Waals surface area (Å²) in [6, 6.07) is 0. The molecule has 0 bridgehead atoms. The van der Waals surface area contributed by atoms with E-state index in [4.69, 9.17) is 4.74 Å². The first-order valence-electron chi connectivity index (χ1n) is 5.65. The predicted molar refractivity (Wildman–Crippen MR) is 64.1 cm³/mol. The lowest BCUT2D eigenvalue weighted by atomic mass is 10.1. The molecular formula is C11H17BrN2O2. The van der Waals surface area contributed by atoms with Crippen molar-refractivity contribution in [2.45, 2.75) is 37.9 Å². The number of aliphatic hydroxyl groups is 1. The van der Waals surface area contributed by atoms with Crippen LogP contribution in [-0.4, -0.2) is 27.6 Å². The van der Waals surface area contributed by atoms with Crippen LogP contribution in [0, 0.1) is 0 Å². The zero-order chi connectivity index (χ0) is 11.5. The Kier molecular flexibility index (Phi) is 4.00. The Morgan fingerprint density at radius 2 is 2.56 bits per heavy atom. The van der Waals surface area contributed by atoms with E-state index in [2.05, 4.69) is 21.0 Å². The predicted octanol–water partition coefficient (Wildman–Crippen LogP) is 2.18. The lowest BCUT2D eigenvalue weighted by Crippen LogP contribution is -2.10. The maximum absolute atomic E-state index is 10.1. The number of hydrogen-bond acceptors (Lipinski definition) is 3. The number of aryl methyl sites for hydroxylation is 1. The van der Waals surface area contributed by atoms with Gasteiger partial charge in [-0.2, -0.15) is 5.10 Å². The van der Waals surface area contributed by atoms with Crippen molar-refractivity contribution in [3.8, 4) is 0 Å². The quantitative estimate of drug-likeness (QED) is 0.924. The Morgan fingerprint density at radius 3 is 3.12 bits per heavy atom. The van der Waals surface area contributed by atoms with E-state index in [0.29, 0.717) is 6.10 Å². The van der Waals surface area contributed by atoms with Crippen LogP contribution in [-0.2, 0) is 11.8 Å². The largest absolute Gasteiger partial charge is 0.387 e. The summed E-state index contributed by atoms with van der Waals surface area (Å²) < 4.78 is 8.12. The number of ether oxygens (including phenoxy) is 1. The van der Waals surface area contributed by atoms with Gasteiger partial charge in [0.1, 0.15) is 0 Å². The van der Waals surface area contributed by atoms with Crippen LogP contribution in [0.1, 0.15) is 37.5 Å². The average Bonchev–Trinajstić information content (AvgIpc) is 2.86. The van der Waals surface area contributed by atoms with Crippen LogP contribution in [0.3, 0.4) is 0 Å². The van der Waals surface area contributed by atoms with E-state index in [1.165, 1.54) is 0 Å². The highest BCUT2D eigenvalue weighted by molar-refractivity contribution is 9.10. The van der Waals surface area contributed by atoms with Crippen LogP contribution < -0.4 is 0 Å². The van der Waals surface area contributed by atoms with E-state index < -0.39 is 6.10 Å². The molecule has 0 aliphatic carbocycles. The fraction of sp³-hybridized carbons (Fsp3) is 0.727. The van der Waals surface area contributed by atoms with Gasteiger partial charge in [0.25, 0.3) is 0 Å². The Balaban J connectivity index is 1.89. The molecule has 2 heterocycles. The van der Waals surface area contributed by atoms with Crippen LogP contribution in [0.2, 0.25) is 0 Å². The fourth-order valence-corrected chi connectivity index (χ4v) is 2.76. The van der Waals surface area contributed by atoms with Crippen molar-refractivity contribution in [3.05, 3.63) is 16.4 Å². The Hall–Kier alpha value is -0.390. The zero-order valence-electron chi connectivity index (χ0n) is 9.40. The summed E-state index contributed by atoms with van der Waals surface area (Å²) in [5, 5.41) is 14.2. The molecule has 1 N–H and O–H groups in total. The normalized spacial score (nSPS) is 22.6. The second kappa shape index (κ2) is 5.29. The molecule has 0 amide bonds. The second-order valence-corrected chi connectivity index (χ2v) is 5.08. The van der Waals surface area contributed by atoms with E-state index in [9.17, 15) is 5.11 Å². The molecule has 0 aromatic carbocycles. The summed E-state index contributed by atoms with van der Waals surface area (Å²) in [4.78, 5) is 0. The highest BCUT2D eigenvalue weighted by atomic mass is 79.9. The molecule has 0 radical (unpaired) electrons. The number of halogens is 1. The minimum Gasteiger partial charge on any atom is -0.387 e. The topological polar surface area (TPSA) is 47.3 Å². The molecule has 1 aliphatic heterocycles. The molecule has 0 saturated carbocycles. The molecule has 2 unspecified atom stereocenters. The lowest BCUT2D eigenvalue weighted by Gasteiger charge is -2.14. The van der Waals surface area contributed by atoms with E-state index in [1.54, 1.807) is 10.9 Å². The highest BCUT2D eigenvalue weighted by Gasteiger charge is 2.20. The van der Waals surface area contributed by atoms with Gasteiger partial charge in [-0.05, 0) is 41.6 Å². The van der Waals surface area contributed by atoms with Crippen molar-refractivity contribution in [2.75, 3.05) is 6.61 Å². The van der Waals surface area contributed by atoms with E-state index in [0.717, 1.165) is 42.5 Å². The van der Waals surface area contributed by atoms with Crippen LogP contribution >= 0.6 is 15.9 Å². The molecule has 1 fully saturated rings. The van der Waals surface area contributed by atoms with Crippen molar-refractivity contribution in [1.82, 2.24) is 9.78 Å². The Morgan fingerprint density at radius 1 is 1.75 bits per heavy atom. The molecule has 5 heteroatoms. The molecule has 1 saturated heterocycles. The molecule has 2 atom stereocenters. The van der Waals surface area contributed by atoms with Crippen LogP contribution in [0.25, 0.3) is 0 Å². The molecule has 1 aromatic heterocycles. The minimum absolute atomic E-state index is 0.335. The van der Waals surface area contributed by atoms with Gasteiger partial charge < -0.3 is 9.84 Å². The van der Waals surface area contributed by atoms with Gasteiger partial charge >= 0.3 is 0 Å². The number of rotatable bonds is 4. The number of hydrogen-bond donors (Lipinski definition) is 1. The molecule has 16 heavy (non-hydrogen) atoms. The number of nitrogens with zero attached hydrogens (tertiary/aromatic N) is 2. The van der Waals surface area contributed by atoms with E-state index >= 15 is 0 Å². The van der Waals surface area contributed by atoms with Crippen LogP contribution in [0.4, 0.5) is 0 Å². The summed E-state index contributed by atoms with van der Waals surface area (Å²) in [5.74, 6) is 0. The maximum Gasteiger partial charge on any atom is 0.0969 e. The van der Waals surface area contributed by atoms with Crippen LogP contribution in [0.5, 0.6) is 0 Å². The van der Waals surface area contributed by atoms with E-state index in [-0.39, 0.29) is 0 Å². The van der Waals surface area contributed by atoms with Gasteiger partial charge in [0, 0.05) is 13.7 Å². The van der Waals surface area contributed by atoms with Crippen LogP contribution in [0.15, 0.2) is 10.7 Å². The third-order valence-electron chi connectivity index (χ3n) is 3.04. The van der Waals surface area contributed by atoms with Crippen molar-refractivity contribution >= 4 is 15.9 Å². The third-order valence-corrected chi connectivity index (χ3v) is 3.65. The Bertz CT molecular complexity index is 328. The lowest BCUT2D eigenvalue weighted by molar-refractivity contribution is 0.0790. The highest BCUT2D eigenvalue weighted by Crippen LogP contribution is 2.28. The third kappa shape index (κ3) is 2.64. The summed E-state index contributed by atoms with van der Waals surface area (Å²) in [5.41, 5.74) is 0.845. The van der Waals surface area contributed by atoms with Crippen molar-refractivity contribution in [3.63, 3.8) is 0 Å². The van der Waals surface area contributed by atoms with Gasteiger partial charge in [-0.1, -0.05) is 0 Å². The van der Waals surface area contributed by atoms with Gasteiger partial charge in [-0.25, -0.2) is 0 Å². The first-order valence-corrected chi connectivity index (χ1v) is 6.45. The molecule has 2 rings (SSSR count). The molecular weight excluding hydrogens is 272 g/mol. The first-order chi connectivity index (χ1) is 7.68. The van der Waals surface area contributed by atoms with Crippen molar-refractivity contribution in [2.24, 2.45) is 7.05 Å². The molecule has 4 nitrogen and oxygen atoms in total. The summed E-state index contributed by atoms with van der Waals surface area (Å²) in [7, 11) is 1.84. The van der Waals surface area contributed by atoms with Gasteiger partial charge in [0.05, 0.1) is 28.6 Å².